The Morgan fingerprint density at radius 2 is 1.56 bits per heavy atom. The Bertz CT molecular complexity index is 1690. The van der Waals surface area contributed by atoms with Crippen molar-refractivity contribution in [2.24, 2.45) is 0 Å². The second-order valence-corrected chi connectivity index (χ2v) is 10.2. The van der Waals surface area contributed by atoms with Gasteiger partial charge in [-0.1, -0.05) is 65.7 Å². The third-order valence-electron chi connectivity index (χ3n) is 6.42. The molecule has 1 N–H and O–H groups in total. The topological polar surface area (TPSA) is 94.2 Å². The van der Waals surface area contributed by atoms with Crippen molar-refractivity contribution in [1.29, 1.82) is 0 Å². The molecule has 0 aromatic heterocycles. The molecule has 1 aliphatic rings. The smallest absolute Gasteiger partial charge is 0.335 e. The highest BCUT2D eigenvalue weighted by Crippen LogP contribution is 2.32. The number of imide groups is 2. The number of rotatable bonds is 10. The van der Waals surface area contributed by atoms with Crippen LogP contribution in [-0.2, 0) is 22.8 Å². The number of ether oxygens (including phenoxy) is 3. The monoisotopic (exact) mass is 616 g/mol. The van der Waals surface area contributed by atoms with Crippen molar-refractivity contribution in [2.75, 3.05) is 11.5 Å². The summed E-state index contributed by atoms with van der Waals surface area (Å²) in [5, 5.41) is 3.23. The number of barbiturate groups is 1. The number of anilines is 1. The van der Waals surface area contributed by atoms with Gasteiger partial charge in [-0.2, -0.15) is 0 Å². The summed E-state index contributed by atoms with van der Waals surface area (Å²) < 4.78 is 17.5. The highest BCUT2D eigenvalue weighted by molar-refractivity contribution is 6.39. The molecule has 1 fully saturated rings. The quantitative estimate of drug-likeness (QED) is 0.149. The molecule has 4 aromatic rings. The predicted molar refractivity (Wildman–Crippen MR) is 165 cm³/mol. The largest absolute Gasteiger partial charge is 0.490 e. The van der Waals surface area contributed by atoms with Gasteiger partial charge in [0.25, 0.3) is 11.8 Å². The van der Waals surface area contributed by atoms with Crippen molar-refractivity contribution in [1.82, 2.24) is 5.32 Å². The fourth-order valence-corrected chi connectivity index (χ4v) is 4.75. The van der Waals surface area contributed by atoms with Crippen LogP contribution in [0.3, 0.4) is 0 Å². The fraction of sp³-hybridized carbons (Fsp3) is 0.121. The normalized spacial score (nSPS) is 14.1. The van der Waals surface area contributed by atoms with E-state index in [1.54, 1.807) is 60.7 Å². The first-order valence-electron chi connectivity index (χ1n) is 13.3. The van der Waals surface area contributed by atoms with E-state index in [4.69, 9.17) is 37.4 Å². The minimum atomic E-state index is -0.843. The first-order chi connectivity index (χ1) is 20.8. The molecule has 0 saturated carbocycles. The van der Waals surface area contributed by atoms with Gasteiger partial charge >= 0.3 is 6.03 Å². The molecule has 4 amide bonds. The number of amides is 4. The van der Waals surface area contributed by atoms with E-state index in [2.05, 4.69) is 5.32 Å². The molecule has 43 heavy (non-hydrogen) atoms. The number of halogens is 2. The maximum absolute atomic E-state index is 13.4. The number of benzene rings is 4. The van der Waals surface area contributed by atoms with Crippen molar-refractivity contribution in [3.8, 4) is 17.2 Å². The molecule has 8 nitrogen and oxygen atoms in total. The van der Waals surface area contributed by atoms with E-state index in [1.807, 2.05) is 37.3 Å². The van der Waals surface area contributed by atoms with E-state index in [0.29, 0.717) is 46.1 Å². The van der Waals surface area contributed by atoms with Crippen LogP contribution >= 0.6 is 23.2 Å². The molecule has 0 aliphatic carbocycles. The van der Waals surface area contributed by atoms with Gasteiger partial charge < -0.3 is 14.2 Å². The molecule has 0 atom stereocenters. The van der Waals surface area contributed by atoms with Crippen molar-refractivity contribution < 1.29 is 28.6 Å². The average Bonchev–Trinajstić information content (AvgIpc) is 3.00. The van der Waals surface area contributed by atoms with Crippen LogP contribution in [0.15, 0.2) is 96.6 Å². The third-order valence-corrected chi connectivity index (χ3v) is 7.01. The van der Waals surface area contributed by atoms with E-state index in [0.717, 1.165) is 16.0 Å². The van der Waals surface area contributed by atoms with Gasteiger partial charge in [0.2, 0.25) is 0 Å². The Kier molecular flexibility index (Phi) is 9.29. The maximum atomic E-state index is 13.4. The predicted octanol–water partition coefficient (Wildman–Crippen LogP) is 7.22. The first-order valence-corrected chi connectivity index (χ1v) is 14.1. The minimum Gasteiger partial charge on any atom is -0.490 e. The van der Waals surface area contributed by atoms with Gasteiger partial charge in [0.1, 0.15) is 24.5 Å². The Labute approximate surface area is 258 Å². The highest BCUT2D eigenvalue weighted by atomic mass is 35.5. The average molecular weight is 617 g/mol. The fourth-order valence-electron chi connectivity index (χ4n) is 4.29. The van der Waals surface area contributed by atoms with E-state index >= 15 is 0 Å². The zero-order valence-corrected chi connectivity index (χ0v) is 24.5. The van der Waals surface area contributed by atoms with Gasteiger partial charge in [-0.05, 0) is 72.7 Å². The van der Waals surface area contributed by atoms with Crippen LogP contribution in [0.4, 0.5) is 10.5 Å². The third kappa shape index (κ3) is 7.17. The molecule has 0 spiro atoms. The van der Waals surface area contributed by atoms with Crippen LogP contribution in [0, 0.1) is 0 Å². The summed E-state index contributed by atoms with van der Waals surface area (Å²) in [6, 6.07) is 25.4. The van der Waals surface area contributed by atoms with Gasteiger partial charge in [0.15, 0.2) is 11.5 Å². The van der Waals surface area contributed by atoms with Crippen molar-refractivity contribution in [3.63, 3.8) is 0 Å². The van der Waals surface area contributed by atoms with Gasteiger partial charge in [0.05, 0.1) is 12.3 Å². The molecular formula is C33H26Cl2N2O6. The van der Waals surface area contributed by atoms with Crippen LogP contribution in [0.1, 0.15) is 23.6 Å². The summed E-state index contributed by atoms with van der Waals surface area (Å²) in [7, 11) is 0. The Morgan fingerprint density at radius 3 is 2.28 bits per heavy atom. The number of hydrogen-bond donors (Lipinski definition) is 1. The number of urea groups is 1. The number of nitrogens with one attached hydrogen (secondary N) is 1. The minimum absolute atomic E-state index is 0.171. The lowest BCUT2D eigenvalue weighted by Crippen LogP contribution is -2.54. The zero-order chi connectivity index (χ0) is 30.3. The van der Waals surface area contributed by atoms with Crippen LogP contribution in [-0.4, -0.2) is 24.5 Å². The lowest BCUT2D eigenvalue weighted by Gasteiger charge is -2.26. The number of carbonyl (C=O) groups excluding carboxylic acids is 3. The Hall–Kier alpha value is -4.79. The Morgan fingerprint density at radius 1 is 0.791 bits per heavy atom. The zero-order valence-electron chi connectivity index (χ0n) is 23.0. The number of carbonyl (C=O) groups is 3. The van der Waals surface area contributed by atoms with Crippen LogP contribution in [0.25, 0.3) is 6.08 Å². The molecular weight excluding hydrogens is 591 g/mol. The molecule has 1 aliphatic heterocycles. The highest BCUT2D eigenvalue weighted by Gasteiger charge is 2.36. The molecule has 1 saturated heterocycles. The van der Waals surface area contributed by atoms with Gasteiger partial charge in [-0.25, -0.2) is 9.69 Å². The lowest BCUT2D eigenvalue weighted by atomic mass is 10.1. The van der Waals surface area contributed by atoms with Crippen LogP contribution in [0.5, 0.6) is 17.2 Å². The second kappa shape index (κ2) is 13.5. The van der Waals surface area contributed by atoms with E-state index in [-0.39, 0.29) is 17.9 Å². The molecule has 4 aromatic carbocycles. The summed E-state index contributed by atoms with van der Waals surface area (Å²) >= 11 is 12.2. The SMILES string of the molecule is CCOc1cc(/C=C2\C(=O)NC(=O)N(c3ccc(OCc4ccccc4)cc3)C2=O)ccc1OCc1ccc(Cl)cc1Cl. The molecule has 0 unspecified atom stereocenters. The van der Waals surface area contributed by atoms with Crippen LogP contribution in [0.2, 0.25) is 10.0 Å². The van der Waals surface area contributed by atoms with Crippen molar-refractivity contribution in [2.45, 2.75) is 20.1 Å². The summed E-state index contributed by atoms with van der Waals surface area (Å²) in [4.78, 5) is 39.7. The van der Waals surface area contributed by atoms with Gasteiger partial charge in [-0.3, -0.25) is 14.9 Å². The van der Waals surface area contributed by atoms with Crippen LogP contribution < -0.4 is 24.4 Å². The number of hydrogen-bond acceptors (Lipinski definition) is 6. The molecule has 5 rings (SSSR count). The summed E-state index contributed by atoms with van der Waals surface area (Å²) in [6.45, 7) is 2.72. The summed E-state index contributed by atoms with van der Waals surface area (Å²) in [5.74, 6) is -0.147. The Balaban J connectivity index is 1.33. The van der Waals surface area contributed by atoms with Crippen molar-refractivity contribution >= 4 is 52.8 Å². The molecule has 10 heteroatoms. The van der Waals surface area contributed by atoms with Crippen molar-refractivity contribution in [3.05, 3.63) is 123 Å². The molecule has 1 heterocycles. The first kappa shape index (κ1) is 29.7. The molecule has 218 valence electrons. The van der Waals surface area contributed by atoms with E-state index in [1.165, 1.54) is 6.08 Å². The van der Waals surface area contributed by atoms with E-state index < -0.39 is 17.8 Å². The molecule has 0 bridgehead atoms. The van der Waals surface area contributed by atoms with Gasteiger partial charge in [0, 0.05) is 15.6 Å². The number of nitrogens with zero attached hydrogens (tertiary/aromatic N) is 1. The standard InChI is InChI=1S/C33H26Cl2N2O6/c1-2-41-30-17-22(8-15-29(30)43-20-23-9-10-24(34)18-28(23)35)16-27-31(38)36-33(40)37(32(27)39)25-11-13-26(14-12-25)42-19-21-6-4-3-5-7-21/h3-18H,2,19-20H2,1H3,(H,36,38,40)/b27-16+. The van der Waals surface area contributed by atoms with E-state index in [9.17, 15) is 14.4 Å². The second-order valence-electron chi connectivity index (χ2n) is 9.39. The summed E-state index contributed by atoms with van der Waals surface area (Å²) in [6.07, 6.45) is 1.40. The summed E-state index contributed by atoms with van der Waals surface area (Å²) in [5.41, 5.74) is 2.31. The molecule has 0 radical (unpaired) electrons. The maximum Gasteiger partial charge on any atom is 0.335 e. The van der Waals surface area contributed by atoms with Gasteiger partial charge in [-0.15, -0.1) is 0 Å². The lowest BCUT2D eigenvalue weighted by molar-refractivity contribution is -0.122.